The van der Waals surface area contributed by atoms with Gasteiger partial charge in [0.1, 0.15) is 11.5 Å². The maximum Gasteiger partial charge on any atom is 0.132 e. The van der Waals surface area contributed by atoms with E-state index in [-0.39, 0.29) is 11.7 Å². The second-order valence-electron chi connectivity index (χ2n) is 10.9. The number of phenols is 1. The van der Waals surface area contributed by atoms with Gasteiger partial charge in [0.15, 0.2) is 0 Å². The fourth-order valence-electron chi connectivity index (χ4n) is 3.35. The van der Waals surface area contributed by atoms with Gasteiger partial charge in [0.25, 0.3) is 0 Å². The van der Waals surface area contributed by atoms with Crippen molar-refractivity contribution in [1.82, 2.24) is 0 Å². The van der Waals surface area contributed by atoms with Crippen LogP contribution in [0.5, 0.6) is 5.75 Å². The summed E-state index contributed by atoms with van der Waals surface area (Å²) in [6, 6.07) is 17.7. The lowest BCUT2D eigenvalue weighted by Crippen LogP contribution is -1.98. The van der Waals surface area contributed by atoms with Crippen LogP contribution in [0, 0.1) is 11.8 Å². The molecule has 51 heavy (non-hydrogen) atoms. The number of carbonyl (C=O) groups excluding carboxylic acids is 1. The van der Waals surface area contributed by atoms with Crippen LogP contribution in [0.2, 0.25) is 0 Å². The fourth-order valence-corrected chi connectivity index (χ4v) is 3.62. The van der Waals surface area contributed by atoms with E-state index in [1.54, 1.807) is 25.1 Å². The van der Waals surface area contributed by atoms with E-state index in [2.05, 4.69) is 110 Å². The van der Waals surface area contributed by atoms with Gasteiger partial charge in [0.2, 0.25) is 0 Å². The molecule has 0 aromatic heterocycles. The molecular formula is C48H73O2P. The molecule has 1 N–H and O–H groups in total. The van der Waals surface area contributed by atoms with E-state index >= 15 is 0 Å². The Labute approximate surface area is 318 Å². The summed E-state index contributed by atoms with van der Waals surface area (Å²) in [4.78, 5) is 10.1. The number of hydrogen-bond acceptors (Lipinski definition) is 2. The molecule has 1 aliphatic carbocycles. The van der Waals surface area contributed by atoms with Gasteiger partial charge in [0.05, 0.1) is 0 Å². The van der Waals surface area contributed by atoms with E-state index < -0.39 is 0 Å². The fraction of sp³-hybridized carbons (Fsp3) is 0.354. The molecule has 2 atom stereocenters. The molecule has 0 spiro atoms. The van der Waals surface area contributed by atoms with Crippen LogP contribution in [0.15, 0.2) is 164 Å². The van der Waals surface area contributed by atoms with Crippen molar-refractivity contribution in [3.8, 4) is 5.75 Å². The first kappa shape index (κ1) is 53.8. The highest BCUT2D eigenvalue weighted by atomic mass is 31.0. The number of allylic oxidation sites excluding steroid dienone is 16. The molecule has 0 aliphatic heterocycles. The SMILES string of the molecule is C=C/C=C\C/C=C(\C)C(C)C1=CC=CCC=C1.C=C/C=C\C=C/C.CC.CC.CC(=O)C(C)C.CCc1ccccc1.Oc1ccc(CP)cc1. The second-order valence-corrected chi connectivity index (χ2v) is 11.3. The average molecular weight is 713 g/mol. The van der Waals surface area contributed by atoms with E-state index in [4.69, 9.17) is 5.11 Å². The second kappa shape index (κ2) is 42.2. The number of aromatic hydroxyl groups is 1. The molecule has 0 radical (unpaired) electrons. The number of Topliss-reactive ketones (excluding diaryl/α,β-unsaturated/α-hetero) is 1. The van der Waals surface area contributed by atoms with E-state index in [1.807, 2.05) is 103 Å². The van der Waals surface area contributed by atoms with Gasteiger partial charge >= 0.3 is 0 Å². The topological polar surface area (TPSA) is 37.3 Å². The quantitative estimate of drug-likeness (QED) is 0.151. The van der Waals surface area contributed by atoms with Crippen molar-refractivity contribution in [3.63, 3.8) is 0 Å². The predicted octanol–water partition coefficient (Wildman–Crippen LogP) is 14.7. The minimum atomic E-state index is 0.213. The molecule has 0 heterocycles. The first-order valence-electron chi connectivity index (χ1n) is 18.5. The molecular weight excluding hydrogens is 640 g/mol. The van der Waals surface area contributed by atoms with Gasteiger partial charge in [-0.25, -0.2) is 0 Å². The van der Waals surface area contributed by atoms with E-state index in [0.717, 1.165) is 25.4 Å². The number of aryl methyl sites for hydroxylation is 1. The Morgan fingerprint density at radius 3 is 1.86 bits per heavy atom. The average Bonchev–Trinajstić information content (AvgIpc) is 3.46. The van der Waals surface area contributed by atoms with Crippen molar-refractivity contribution in [3.05, 3.63) is 175 Å². The van der Waals surface area contributed by atoms with Crippen LogP contribution in [0.25, 0.3) is 0 Å². The summed E-state index contributed by atoms with van der Waals surface area (Å²) < 4.78 is 0. The van der Waals surface area contributed by atoms with Crippen LogP contribution in [-0.2, 0) is 17.4 Å². The lowest BCUT2D eigenvalue weighted by atomic mass is 9.92. The number of hydrogen-bond donors (Lipinski definition) is 1. The summed E-state index contributed by atoms with van der Waals surface area (Å²) in [6.07, 6.45) is 32.8. The van der Waals surface area contributed by atoms with Crippen molar-refractivity contribution in [1.29, 1.82) is 0 Å². The Kier molecular flexibility index (Phi) is 44.5. The predicted molar refractivity (Wildman–Crippen MR) is 238 cm³/mol. The normalized spacial score (nSPS) is 11.9. The largest absolute Gasteiger partial charge is 0.508 e. The van der Waals surface area contributed by atoms with Crippen LogP contribution in [0.1, 0.15) is 100 Å². The Hall–Kier alpha value is -4.00. The number of carbonyl (C=O) groups is 1. The smallest absolute Gasteiger partial charge is 0.132 e. The molecule has 1 aliphatic rings. The molecule has 0 saturated heterocycles. The number of benzene rings is 2. The van der Waals surface area contributed by atoms with Gasteiger partial charge in [-0.2, -0.15) is 0 Å². The van der Waals surface area contributed by atoms with E-state index in [0.29, 0.717) is 11.7 Å². The molecule has 2 aromatic carbocycles. The summed E-state index contributed by atoms with van der Waals surface area (Å²) in [7, 11) is 2.63. The first-order valence-corrected chi connectivity index (χ1v) is 19.3. The Balaban J connectivity index is -0.000000279. The monoisotopic (exact) mass is 713 g/mol. The molecule has 2 nitrogen and oxygen atoms in total. The van der Waals surface area contributed by atoms with Gasteiger partial charge in [-0.3, -0.25) is 4.79 Å². The van der Waals surface area contributed by atoms with Crippen molar-refractivity contribution < 1.29 is 9.90 Å². The molecule has 3 heteroatoms. The lowest BCUT2D eigenvalue weighted by Gasteiger charge is -2.13. The molecule has 0 bridgehead atoms. The van der Waals surface area contributed by atoms with Crippen molar-refractivity contribution in [2.24, 2.45) is 11.8 Å². The summed E-state index contributed by atoms with van der Waals surface area (Å²) in [5.74, 6) is 1.29. The van der Waals surface area contributed by atoms with Gasteiger partial charge in [0, 0.05) is 11.8 Å². The van der Waals surface area contributed by atoms with Gasteiger partial charge in [-0.15, -0.1) is 9.24 Å². The number of phenolic OH excluding ortho intramolecular Hbond substituents is 1. The number of rotatable bonds is 10. The molecule has 3 rings (SSSR count). The summed E-state index contributed by atoms with van der Waals surface area (Å²) in [5.41, 5.74) is 5.44. The lowest BCUT2D eigenvalue weighted by molar-refractivity contribution is -0.119. The zero-order chi connectivity index (χ0) is 39.7. The highest BCUT2D eigenvalue weighted by molar-refractivity contribution is 7.15. The third kappa shape index (κ3) is 37.1. The molecule has 0 fully saturated rings. The third-order valence-corrected chi connectivity index (χ3v) is 7.30. The molecule has 2 unspecified atom stereocenters. The summed E-state index contributed by atoms with van der Waals surface area (Å²) in [6.45, 7) is 29.2. The zero-order valence-corrected chi connectivity index (χ0v) is 35.3. The van der Waals surface area contributed by atoms with Gasteiger partial charge < -0.3 is 5.11 Å². The molecule has 0 saturated carbocycles. The molecule has 2 aromatic rings. The minimum Gasteiger partial charge on any atom is -0.508 e. The van der Waals surface area contributed by atoms with Crippen LogP contribution >= 0.6 is 9.24 Å². The Morgan fingerprint density at radius 1 is 0.843 bits per heavy atom. The third-order valence-electron chi connectivity index (χ3n) is 6.83. The maximum atomic E-state index is 10.1. The van der Waals surface area contributed by atoms with Gasteiger partial charge in [-0.05, 0) is 75.0 Å². The first-order chi connectivity index (χ1) is 24.6. The van der Waals surface area contributed by atoms with Crippen LogP contribution < -0.4 is 0 Å². The van der Waals surface area contributed by atoms with Crippen LogP contribution in [0.3, 0.4) is 0 Å². The summed E-state index contributed by atoms with van der Waals surface area (Å²) >= 11 is 0. The Morgan fingerprint density at radius 2 is 1.41 bits per heavy atom. The Bertz CT molecular complexity index is 1300. The highest BCUT2D eigenvalue weighted by Crippen LogP contribution is 2.23. The van der Waals surface area contributed by atoms with Crippen LogP contribution in [-0.4, -0.2) is 10.9 Å². The van der Waals surface area contributed by atoms with Gasteiger partial charge in [-0.1, -0.05) is 202 Å². The number of ketones is 1. The highest BCUT2D eigenvalue weighted by Gasteiger charge is 2.07. The zero-order valence-electron chi connectivity index (χ0n) is 34.1. The maximum absolute atomic E-state index is 10.1. The van der Waals surface area contributed by atoms with E-state index in [1.165, 1.54) is 22.3 Å². The standard InChI is InChI=1S/C17H22.C8H10.C7H9OP.C7H10.C5H10O.2C2H6/c1-4-5-6-9-12-15(2)16(3)17-13-10-7-8-11-14-17;1-2-8-6-4-3-5-7-8;8-7-3-1-6(5-9)2-4-7;1-3-5-7-6-4-2;1-4(2)5(3)6;2*1-2/h4-7,10-14,16H,1,8-9H2,2-3H3;3-7H,2H2,1H3;1-4,8H,5,9H2;3-7H,1H2,2H3;4H,1-3H3;2*1-2H3/b6-5-,15-12+;;;6-4-,7-5-;;;. The minimum absolute atomic E-state index is 0.213. The molecule has 0 amide bonds. The summed E-state index contributed by atoms with van der Waals surface area (Å²) in [5, 5.41) is 8.85. The molecule has 282 valence electrons. The van der Waals surface area contributed by atoms with Crippen molar-refractivity contribution >= 4 is 15.0 Å². The van der Waals surface area contributed by atoms with E-state index in [9.17, 15) is 4.79 Å². The van der Waals surface area contributed by atoms with Crippen molar-refractivity contribution in [2.75, 3.05) is 0 Å². The van der Waals surface area contributed by atoms with Crippen LogP contribution in [0.4, 0.5) is 0 Å². The van der Waals surface area contributed by atoms with Crippen molar-refractivity contribution in [2.45, 2.75) is 102 Å².